The van der Waals surface area contributed by atoms with Gasteiger partial charge in [-0.3, -0.25) is 9.63 Å². The van der Waals surface area contributed by atoms with Crippen molar-refractivity contribution >= 4 is 17.6 Å². The van der Waals surface area contributed by atoms with Crippen LogP contribution in [0.15, 0.2) is 24.3 Å². The molecule has 7 heteroatoms. The molecular formula is C14H18ClNO5. The van der Waals surface area contributed by atoms with E-state index in [4.69, 9.17) is 16.3 Å². The van der Waals surface area contributed by atoms with Crippen LogP contribution in [-0.2, 0) is 14.4 Å². The van der Waals surface area contributed by atoms with Gasteiger partial charge in [-0.25, -0.2) is 0 Å². The highest BCUT2D eigenvalue weighted by molar-refractivity contribution is 6.30. The number of ether oxygens (including phenoxy) is 1. The fourth-order valence-corrected chi connectivity index (χ4v) is 2.17. The minimum Gasteiger partial charge on any atom is -0.435 e. The van der Waals surface area contributed by atoms with Gasteiger partial charge < -0.3 is 4.74 Å². The van der Waals surface area contributed by atoms with E-state index in [1.807, 2.05) is 19.1 Å². The summed E-state index contributed by atoms with van der Waals surface area (Å²) >= 11 is 5.84. The highest BCUT2D eigenvalue weighted by atomic mass is 35.5. The Balaban J connectivity index is 2.63. The van der Waals surface area contributed by atoms with Gasteiger partial charge in [0.15, 0.2) is 0 Å². The van der Waals surface area contributed by atoms with Crippen molar-refractivity contribution in [3.05, 3.63) is 45.0 Å². The Hall–Kier alpha value is -1.82. The molecule has 1 aromatic rings. The summed E-state index contributed by atoms with van der Waals surface area (Å²) < 4.78 is 4.85. The molecule has 116 valence electrons. The first-order valence-corrected chi connectivity index (χ1v) is 7.06. The molecule has 0 aromatic heterocycles. The predicted molar refractivity (Wildman–Crippen MR) is 77.4 cm³/mol. The van der Waals surface area contributed by atoms with Crippen LogP contribution in [-0.4, -0.2) is 17.3 Å². The predicted octanol–water partition coefficient (Wildman–Crippen LogP) is 3.71. The van der Waals surface area contributed by atoms with Gasteiger partial charge in [-0.05, 0) is 37.0 Å². The van der Waals surface area contributed by atoms with Gasteiger partial charge in [0.2, 0.25) is 6.29 Å². The SMILES string of the molecule is CCCC(CC(=O)OC(C)O[N+](=O)[O-])c1ccc(Cl)cc1. The molecular weight excluding hydrogens is 298 g/mol. The van der Waals surface area contributed by atoms with E-state index in [0.29, 0.717) is 5.02 Å². The van der Waals surface area contributed by atoms with Gasteiger partial charge in [0.1, 0.15) is 0 Å². The second-order valence-electron chi connectivity index (χ2n) is 4.63. The summed E-state index contributed by atoms with van der Waals surface area (Å²) in [4.78, 5) is 26.1. The van der Waals surface area contributed by atoms with Crippen molar-refractivity contribution in [1.82, 2.24) is 0 Å². The number of benzene rings is 1. The number of halogens is 1. The molecule has 0 aliphatic rings. The molecule has 1 aromatic carbocycles. The van der Waals surface area contributed by atoms with Crippen molar-refractivity contribution < 1.29 is 19.5 Å². The molecule has 21 heavy (non-hydrogen) atoms. The van der Waals surface area contributed by atoms with Crippen LogP contribution >= 0.6 is 11.6 Å². The van der Waals surface area contributed by atoms with E-state index < -0.39 is 17.3 Å². The lowest BCUT2D eigenvalue weighted by molar-refractivity contribution is -0.777. The number of hydrogen-bond acceptors (Lipinski definition) is 5. The topological polar surface area (TPSA) is 78.7 Å². The van der Waals surface area contributed by atoms with E-state index in [-0.39, 0.29) is 12.3 Å². The maximum Gasteiger partial charge on any atom is 0.308 e. The normalized spacial score (nSPS) is 13.3. The standard InChI is InChI=1S/C14H18ClNO5/c1-3-4-12(11-5-7-13(15)8-6-11)9-14(17)20-10(2)21-16(18)19/h5-8,10,12H,3-4,9H2,1-2H3. The van der Waals surface area contributed by atoms with Crippen molar-refractivity contribution in [1.29, 1.82) is 0 Å². The van der Waals surface area contributed by atoms with E-state index in [1.165, 1.54) is 6.92 Å². The molecule has 0 saturated heterocycles. The summed E-state index contributed by atoms with van der Waals surface area (Å²) in [5.41, 5.74) is 0.987. The number of hydrogen-bond donors (Lipinski definition) is 0. The van der Waals surface area contributed by atoms with E-state index in [9.17, 15) is 14.9 Å². The molecule has 0 N–H and O–H groups in total. The summed E-state index contributed by atoms with van der Waals surface area (Å²) in [5, 5.41) is 9.79. The lowest BCUT2D eigenvalue weighted by Gasteiger charge is -2.17. The summed E-state index contributed by atoms with van der Waals surface area (Å²) in [7, 11) is 0. The molecule has 6 nitrogen and oxygen atoms in total. The number of esters is 1. The van der Waals surface area contributed by atoms with Crippen molar-refractivity contribution in [3.8, 4) is 0 Å². The Bertz CT molecular complexity index is 477. The van der Waals surface area contributed by atoms with Crippen LogP contribution < -0.4 is 0 Å². The molecule has 2 unspecified atom stereocenters. The van der Waals surface area contributed by atoms with E-state index in [0.717, 1.165) is 18.4 Å². The molecule has 0 aliphatic carbocycles. The van der Waals surface area contributed by atoms with Crippen LogP contribution in [0, 0.1) is 10.1 Å². The average molecular weight is 316 g/mol. The van der Waals surface area contributed by atoms with Gasteiger partial charge in [-0.2, -0.15) is 0 Å². The molecule has 2 atom stereocenters. The molecule has 0 saturated carbocycles. The number of rotatable bonds is 8. The third-order valence-electron chi connectivity index (χ3n) is 2.92. The zero-order valence-corrected chi connectivity index (χ0v) is 12.7. The quantitative estimate of drug-likeness (QED) is 0.316. The molecule has 0 heterocycles. The van der Waals surface area contributed by atoms with Gasteiger partial charge in [0, 0.05) is 5.02 Å². The minimum atomic E-state index is -1.21. The zero-order valence-electron chi connectivity index (χ0n) is 12.0. The highest BCUT2D eigenvalue weighted by Crippen LogP contribution is 2.26. The number of nitrogens with zero attached hydrogens (tertiary/aromatic N) is 1. The summed E-state index contributed by atoms with van der Waals surface area (Å²) in [6, 6.07) is 7.27. The van der Waals surface area contributed by atoms with Gasteiger partial charge in [-0.1, -0.05) is 37.1 Å². The Morgan fingerprint density at radius 3 is 2.52 bits per heavy atom. The minimum absolute atomic E-state index is 0.0115. The van der Waals surface area contributed by atoms with Gasteiger partial charge in [-0.15, -0.1) is 10.1 Å². The van der Waals surface area contributed by atoms with Crippen LogP contribution in [0.3, 0.4) is 0 Å². The third kappa shape index (κ3) is 6.44. The van der Waals surface area contributed by atoms with Crippen LogP contribution in [0.5, 0.6) is 0 Å². The maximum absolute atomic E-state index is 11.8. The van der Waals surface area contributed by atoms with Crippen molar-refractivity contribution in [2.45, 2.75) is 45.3 Å². The first-order valence-electron chi connectivity index (χ1n) is 6.68. The van der Waals surface area contributed by atoms with Crippen LogP contribution in [0.4, 0.5) is 0 Å². The molecule has 1 rings (SSSR count). The van der Waals surface area contributed by atoms with Crippen molar-refractivity contribution in [3.63, 3.8) is 0 Å². The fraction of sp³-hybridized carbons (Fsp3) is 0.500. The molecule has 0 radical (unpaired) electrons. The molecule has 0 spiro atoms. The Morgan fingerprint density at radius 1 is 1.38 bits per heavy atom. The van der Waals surface area contributed by atoms with Crippen LogP contribution in [0.25, 0.3) is 0 Å². The summed E-state index contributed by atoms with van der Waals surface area (Å²) in [6.07, 6.45) is 0.642. The second kappa shape index (κ2) is 8.46. The Labute approximate surface area is 128 Å². The van der Waals surface area contributed by atoms with Crippen LogP contribution in [0.1, 0.15) is 44.6 Å². The molecule has 0 aliphatic heterocycles. The lowest BCUT2D eigenvalue weighted by atomic mass is 9.91. The van der Waals surface area contributed by atoms with Crippen molar-refractivity contribution in [2.75, 3.05) is 0 Å². The Morgan fingerprint density at radius 2 is 2.00 bits per heavy atom. The molecule has 0 fully saturated rings. The fourth-order valence-electron chi connectivity index (χ4n) is 2.05. The summed E-state index contributed by atoms with van der Waals surface area (Å²) in [5.74, 6) is -0.541. The average Bonchev–Trinajstić information content (AvgIpc) is 2.37. The van der Waals surface area contributed by atoms with Gasteiger partial charge in [0.25, 0.3) is 5.09 Å². The largest absolute Gasteiger partial charge is 0.435 e. The van der Waals surface area contributed by atoms with E-state index >= 15 is 0 Å². The highest BCUT2D eigenvalue weighted by Gasteiger charge is 2.19. The zero-order chi connectivity index (χ0) is 15.8. The molecule has 0 bridgehead atoms. The first-order chi connectivity index (χ1) is 9.92. The number of carbonyl (C=O) groups is 1. The van der Waals surface area contributed by atoms with Crippen LogP contribution in [0.2, 0.25) is 5.02 Å². The Kier molecular flexibility index (Phi) is 6.94. The van der Waals surface area contributed by atoms with Gasteiger partial charge in [0.05, 0.1) is 6.42 Å². The second-order valence-corrected chi connectivity index (χ2v) is 5.06. The molecule has 0 amide bonds. The van der Waals surface area contributed by atoms with Gasteiger partial charge >= 0.3 is 5.97 Å². The van der Waals surface area contributed by atoms with E-state index in [2.05, 4.69) is 4.84 Å². The smallest absolute Gasteiger partial charge is 0.308 e. The first kappa shape index (κ1) is 17.2. The number of carbonyl (C=O) groups excluding carboxylic acids is 1. The monoisotopic (exact) mass is 315 g/mol. The van der Waals surface area contributed by atoms with Crippen molar-refractivity contribution in [2.24, 2.45) is 0 Å². The third-order valence-corrected chi connectivity index (χ3v) is 3.18. The lowest BCUT2D eigenvalue weighted by Crippen LogP contribution is -2.22. The summed E-state index contributed by atoms with van der Waals surface area (Å²) in [6.45, 7) is 3.32. The maximum atomic E-state index is 11.8. The van der Waals surface area contributed by atoms with E-state index in [1.54, 1.807) is 12.1 Å².